The van der Waals surface area contributed by atoms with Gasteiger partial charge in [-0.15, -0.1) is 0 Å². The molecule has 1 nitrogen and oxygen atoms in total. The topological polar surface area (TPSA) is 26.0 Å². The van der Waals surface area contributed by atoms with Gasteiger partial charge in [-0.1, -0.05) is 79.1 Å². The third-order valence-corrected chi connectivity index (χ3v) is 4.66. The molecule has 0 aliphatic carbocycles. The van der Waals surface area contributed by atoms with Gasteiger partial charge in [0, 0.05) is 5.54 Å². The average Bonchev–Trinajstić information content (AvgIpc) is 2.33. The summed E-state index contributed by atoms with van der Waals surface area (Å²) in [5, 5.41) is 0. The van der Waals surface area contributed by atoms with Crippen molar-refractivity contribution in [3.63, 3.8) is 0 Å². The van der Waals surface area contributed by atoms with Crippen LogP contribution >= 0.6 is 0 Å². The number of hydrogen-bond acceptors (Lipinski definition) is 1. The monoisotopic (exact) mass is 269 g/mol. The number of rotatable bonds is 12. The Labute approximate surface area is 122 Å². The van der Waals surface area contributed by atoms with Crippen LogP contribution in [0.4, 0.5) is 0 Å². The lowest BCUT2D eigenvalue weighted by Crippen LogP contribution is -2.36. The zero-order valence-electron chi connectivity index (χ0n) is 14.4. The van der Waals surface area contributed by atoms with Gasteiger partial charge in [0.1, 0.15) is 0 Å². The molecule has 0 saturated carbocycles. The van der Waals surface area contributed by atoms with E-state index in [1.165, 1.54) is 70.6 Å². The smallest absolute Gasteiger partial charge is 0.0125 e. The van der Waals surface area contributed by atoms with Crippen molar-refractivity contribution in [1.29, 1.82) is 0 Å². The summed E-state index contributed by atoms with van der Waals surface area (Å²) in [4.78, 5) is 0. The average molecular weight is 270 g/mol. The highest BCUT2D eigenvalue weighted by atomic mass is 14.7. The van der Waals surface area contributed by atoms with Crippen LogP contribution in [0.25, 0.3) is 0 Å². The highest BCUT2D eigenvalue weighted by Crippen LogP contribution is 2.29. The van der Waals surface area contributed by atoms with E-state index in [2.05, 4.69) is 34.6 Å². The van der Waals surface area contributed by atoms with Crippen LogP contribution < -0.4 is 5.73 Å². The Hall–Kier alpha value is -0.0400. The fraction of sp³-hybridized carbons (Fsp3) is 1.00. The van der Waals surface area contributed by atoms with Crippen LogP contribution in [-0.2, 0) is 0 Å². The molecule has 0 fully saturated rings. The summed E-state index contributed by atoms with van der Waals surface area (Å²) in [6.07, 6.45) is 14.5. The van der Waals surface area contributed by atoms with E-state index in [1.807, 2.05) is 0 Å². The predicted molar refractivity (Wildman–Crippen MR) is 88.5 cm³/mol. The SMILES string of the molecule is CCCCCCCCC(C)(N)CCCC(C)(C)CC. The van der Waals surface area contributed by atoms with Crippen molar-refractivity contribution in [1.82, 2.24) is 0 Å². The van der Waals surface area contributed by atoms with Crippen LogP contribution in [0.15, 0.2) is 0 Å². The Balaban J connectivity index is 3.63. The lowest BCUT2D eigenvalue weighted by Gasteiger charge is -2.28. The second kappa shape index (κ2) is 9.80. The Kier molecular flexibility index (Phi) is 9.78. The molecule has 0 aliphatic rings. The summed E-state index contributed by atoms with van der Waals surface area (Å²) in [5.74, 6) is 0. The Morgan fingerprint density at radius 3 is 1.79 bits per heavy atom. The van der Waals surface area contributed by atoms with E-state index in [4.69, 9.17) is 5.73 Å². The van der Waals surface area contributed by atoms with E-state index >= 15 is 0 Å². The van der Waals surface area contributed by atoms with Crippen molar-refractivity contribution in [2.24, 2.45) is 11.1 Å². The van der Waals surface area contributed by atoms with Crippen LogP contribution in [0.2, 0.25) is 0 Å². The number of nitrogens with two attached hydrogens (primary N) is 1. The third kappa shape index (κ3) is 11.5. The minimum Gasteiger partial charge on any atom is -0.325 e. The zero-order chi connectivity index (χ0) is 14.8. The van der Waals surface area contributed by atoms with Crippen LogP contribution in [0.1, 0.15) is 105 Å². The molecule has 0 saturated heterocycles. The maximum Gasteiger partial charge on any atom is 0.0125 e. The molecule has 0 radical (unpaired) electrons. The molecule has 1 atom stereocenters. The standard InChI is InChI=1S/C18H39N/c1-6-8-9-10-11-12-15-18(5,19)16-13-14-17(3,4)7-2/h6-16,19H2,1-5H3. The molecule has 0 rings (SSSR count). The molecular formula is C18H39N. The second-order valence-electron chi connectivity index (χ2n) is 7.54. The van der Waals surface area contributed by atoms with Gasteiger partial charge in [0.25, 0.3) is 0 Å². The van der Waals surface area contributed by atoms with Crippen molar-refractivity contribution < 1.29 is 0 Å². The summed E-state index contributed by atoms with van der Waals surface area (Å²) >= 11 is 0. The maximum absolute atomic E-state index is 6.43. The molecule has 1 unspecified atom stereocenters. The largest absolute Gasteiger partial charge is 0.325 e. The molecule has 0 aromatic rings. The Morgan fingerprint density at radius 1 is 0.684 bits per heavy atom. The van der Waals surface area contributed by atoms with Crippen LogP contribution in [0.3, 0.4) is 0 Å². The van der Waals surface area contributed by atoms with E-state index < -0.39 is 0 Å². The van der Waals surface area contributed by atoms with E-state index in [9.17, 15) is 0 Å². The summed E-state index contributed by atoms with van der Waals surface area (Å²) in [5.41, 5.74) is 6.99. The lowest BCUT2D eigenvalue weighted by atomic mass is 9.81. The predicted octanol–water partition coefficient (Wildman–Crippen LogP) is 6.06. The highest BCUT2D eigenvalue weighted by molar-refractivity contribution is 4.79. The summed E-state index contributed by atoms with van der Waals surface area (Å²) < 4.78 is 0. The fourth-order valence-electron chi connectivity index (χ4n) is 2.58. The third-order valence-electron chi connectivity index (χ3n) is 4.66. The minimum absolute atomic E-state index is 0.0641. The molecule has 0 aliphatic heterocycles. The summed E-state index contributed by atoms with van der Waals surface area (Å²) in [7, 11) is 0. The first-order chi connectivity index (χ1) is 8.83. The van der Waals surface area contributed by atoms with Gasteiger partial charge < -0.3 is 5.73 Å². The van der Waals surface area contributed by atoms with Gasteiger partial charge in [0.05, 0.1) is 0 Å². The van der Waals surface area contributed by atoms with Crippen molar-refractivity contribution in [3.8, 4) is 0 Å². The van der Waals surface area contributed by atoms with Crippen LogP contribution in [-0.4, -0.2) is 5.54 Å². The van der Waals surface area contributed by atoms with Crippen LogP contribution in [0, 0.1) is 5.41 Å². The van der Waals surface area contributed by atoms with E-state index in [0.717, 1.165) is 0 Å². The fourth-order valence-corrected chi connectivity index (χ4v) is 2.58. The van der Waals surface area contributed by atoms with Crippen molar-refractivity contribution in [2.75, 3.05) is 0 Å². The first kappa shape index (κ1) is 19.0. The molecule has 116 valence electrons. The molecular weight excluding hydrogens is 230 g/mol. The molecule has 19 heavy (non-hydrogen) atoms. The maximum atomic E-state index is 6.43. The molecule has 0 spiro atoms. The Bertz CT molecular complexity index is 206. The van der Waals surface area contributed by atoms with Gasteiger partial charge in [-0.2, -0.15) is 0 Å². The van der Waals surface area contributed by atoms with E-state index in [0.29, 0.717) is 5.41 Å². The number of unbranched alkanes of at least 4 members (excludes halogenated alkanes) is 5. The quantitative estimate of drug-likeness (QED) is 0.428. The van der Waals surface area contributed by atoms with Crippen LogP contribution in [0.5, 0.6) is 0 Å². The normalized spacial score (nSPS) is 15.5. The van der Waals surface area contributed by atoms with E-state index in [1.54, 1.807) is 0 Å². The van der Waals surface area contributed by atoms with E-state index in [-0.39, 0.29) is 5.54 Å². The van der Waals surface area contributed by atoms with Gasteiger partial charge >= 0.3 is 0 Å². The van der Waals surface area contributed by atoms with Crippen molar-refractivity contribution in [2.45, 2.75) is 111 Å². The van der Waals surface area contributed by atoms with Crippen molar-refractivity contribution >= 4 is 0 Å². The molecule has 0 bridgehead atoms. The van der Waals surface area contributed by atoms with Gasteiger partial charge in [0.2, 0.25) is 0 Å². The Morgan fingerprint density at radius 2 is 1.21 bits per heavy atom. The van der Waals surface area contributed by atoms with Gasteiger partial charge in [0.15, 0.2) is 0 Å². The molecule has 1 heteroatoms. The first-order valence-corrected chi connectivity index (χ1v) is 8.62. The lowest BCUT2D eigenvalue weighted by molar-refractivity contribution is 0.281. The molecule has 2 N–H and O–H groups in total. The van der Waals surface area contributed by atoms with Gasteiger partial charge in [-0.25, -0.2) is 0 Å². The first-order valence-electron chi connectivity index (χ1n) is 8.62. The van der Waals surface area contributed by atoms with Gasteiger partial charge in [-0.05, 0) is 31.6 Å². The minimum atomic E-state index is 0.0641. The molecule has 0 aromatic heterocycles. The number of hydrogen-bond donors (Lipinski definition) is 1. The zero-order valence-corrected chi connectivity index (χ0v) is 14.4. The van der Waals surface area contributed by atoms with Crippen molar-refractivity contribution in [3.05, 3.63) is 0 Å². The second-order valence-corrected chi connectivity index (χ2v) is 7.54. The molecule has 0 heterocycles. The summed E-state index contributed by atoms with van der Waals surface area (Å²) in [6.45, 7) is 11.5. The summed E-state index contributed by atoms with van der Waals surface area (Å²) in [6, 6.07) is 0. The highest BCUT2D eigenvalue weighted by Gasteiger charge is 2.20. The molecule has 0 amide bonds. The molecule has 0 aromatic carbocycles. The van der Waals surface area contributed by atoms with Gasteiger partial charge in [-0.3, -0.25) is 0 Å².